The van der Waals surface area contributed by atoms with Crippen molar-refractivity contribution in [2.24, 2.45) is 0 Å². The molecule has 0 rings (SSSR count). The molecule has 0 aromatic heterocycles. The zero-order valence-corrected chi connectivity index (χ0v) is 22.2. The number of aliphatic hydroxyl groups excluding tert-OH is 1. The number of unbranched alkanes of at least 4 members (excludes halogenated alkanes) is 10. The van der Waals surface area contributed by atoms with Crippen molar-refractivity contribution in [3.8, 4) is 0 Å². The van der Waals surface area contributed by atoms with Crippen LogP contribution in [0.3, 0.4) is 0 Å². The van der Waals surface area contributed by atoms with Crippen LogP contribution in [0.5, 0.6) is 0 Å². The Balaban J connectivity index is 0. The van der Waals surface area contributed by atoms with E-state index in [1.807, 2.05) is 0 Å². The molecule has 2 unspecified atom stereocenters. The SMILES string of the molecule is CCCCCCCCC(O)CCCCCCC(CCCCC)S(=O)(=O)[O-].[K+]. The van der Waals surface area contributed by atoms with Crippen LogP contribution in [0, 0.1) is 0 Å². The summed E-state index contributed by atoms with van der Waals surface area (Å²) in [7, 11) is -4.16. The van der Waals surface area contributed by atoms with E-state index in [0.717, 1.165) is 64.2 Å². The van der Waals surface area contributed by atoms with Gasteiger partial charge in [0.15, 0.2) is 0 Å². The van der Waals surface area contributed by atoms with E-state index in [1.165, 1.54) is 32.1 Å². The Morgan fingerprint density at radius 1 is 0.667 bits per heavy atom. The molecule has 0 spiro atoms. The van der Waals surface area contributed by atoms with Gasteiger partial charge in [-0.25, -0.2) is 8.42 Å². The van der Waals surface area contributed by atoms with Gasteiger partial charge in [-0.1, -0.05) is 97.3 Å². The topological polar surface area (TPSA) is 77.4 Å². The zero-order valence-electron chi connectivity index (χ0n) is 18.3. The molecule has 0 saturated heterocycles. The van der Waals surface area contributed by atoms with Crippen LogP contribution in [-0.4, -0.2) is 29.4 Å². The van der Waals surface area contributed by atoms with Crippen LogP contribution < -0.4 is 51.4 Å². The van der Waals surface area contributed by atoms with Gasteiger partial charge in [0.1, 0.15) is 0 Å². The predicted molar refractivity (Wildman–Crippen MR) is 109 cm³/mol. The Hall–Kier alpha value is 1.51. The predicted octanol–water partition coefficient (Wildman–Crippen LogP) is 2.94. The summed E-state index contributed by atoms with van der Waals surface area (Å²) < 4.78 is 34.0. The van der Waals surface area contributed by atoms with Crippen LogP contribution >= 0.6 is 0 Å². The molecule has 0 heterocycles. The quantitative estimate of drug-likeness (QED) is 0.194. The van der Waals surface area contributed by atoms with Crippen molar-refractivity contribution in [3.05, 3.63) is 0 Å². The molecule has 0 aromatic rings. The van der Waals surface area contributed by atoms with Crippen molar-refractivity contribution in [2.75, 3.05) is 0 Å². The van der Waals surface area contributed by atoms with Gasteiger partial charge in [0.25, 0.3) is 0 Å². The van der Waals surface area contributed by atoms with Crippen LogP contribution in [-0.2, 0) is 10.1 Å². The van der Waals surface area contributed by atoms with Crippen molar-refractivity contribution in [3.63, 3.8) is 0 Å². The first-order valence-electron chi connectivity index (χ1n) is 11.0. The average Bonchev–Trinajstić information content (AvgIpc) is 2.58. The van der Waals surface area contributed by atoms with Gasteiger partial charge in [-0.05, 0) is 25.7 Å². The van der Waals surface area contributed by atoms with E-state index >= 15 is 0 Å². The molecule has 6 heteroatoms. The Kier molecular flexibility index (Phi) is 23.6. The fourth-order valence-corrected chi connectivity index (χ4v) is 4.38. The van der Waals surface area contributed by atoms with Crippen molar-refractivity contribution in [2.45, 2.75) is 134 Å². The van der Waals surface area contributed by atoms with Crippen molar-refractivity contribution < 1.29 is 69.5 Å². The van der Waals surface area contributed by atoms with Crippen molar-refractivity contribution in [1.29, 1.82) is 0 Å². The monoisotopic (exact) mass is 430 g/mol. The van der Waals surface area contributed by atoms with Gasteiger partial charge >= 0.3 is 51.4 Å². The molecule has 2 atom stereocenters. The second-order valence-electron chi connectivity index (χ2n) is 7.81. The molecule has 27 heavy (non-hydrogen) atoms. The van der Waals surface area contributed by atoms with Gasteiger partial charge in [-0.3, -0.25) is 0 Å². The largest absolute Gasteiger partial charge is 1.00 e. The molecule has 0 aliphatic rings. The van der Waals surface area contributed by atoms with E-state index in [2.05, 4.69) is 13.8 Å². The van der Waals surface area contributed by atoms with Gasteiger partial charge in [0.05, 0.1) is 16.2 Å². The minimum Gasteiger partial charge on any atom is -0.748 e. The Labute approximate surface area is 211 Å². The summed E-state index contributed by atoms with van der Waals surface area (Å²) >= 11 is 0. The van der Waals surface area contributed by atoms with Gasteiger partial charge in [0.2, 0.25) is 0 Å². The normalized spacial score (nSPS) is 13.9. The average molecular weight is 431 g/mol. The zero-order chi connectivity index (χ0) is 19.7. The maximum Gasteiger partial charge on any atom is 1.00 e. The van der Waals surface area contributed by atoms with Crippen LogP contribution in [0.4, 0.5) is 0 Å². The molecule has 0 amide bonds. The fourth-order valence-electron chi connectivity index (χ4n) is 3.47. The molecule has 0 fully saturated rings. The summed E-state index contributed by atoms with van der Waals surface area (Å²) in [5.74, 6) is 0. The first kappa shape index (κ1) is 30.7. The first-order chi connectivity index (χ1) is 12.4. The molecule has 0 aromatic carbocycles. The Bertz CT molecular complexity index is 401. The molecule has 0 saturated carbocycles. The van der Waals surface area contributed by atoms with E-state index in [-0.39, 0.29) is 57.5 Å². The Morgan fingerprint density at radius 2 is 1.00 bits per heavy atom. The maximum absolute atomic E-state index is 11.3. The van der Waals surface area contributed by atoms with Gasteiger partial charge < -0.3 is 9.66 Å². The number of hydrogen-bond acceptors (Lipinski definition) is 4. The van der Waals surface area contributed by atoms with Gasteiger partial charge in [0, 0.05) is 5.25 Å². The summed E-state index contributed by atoms with van der Waals surface area (Å²) in [5.41, 5.74) is 0. The maximum atomic E-state index is 11.3. The molecule has 0 radical (unpaired) electrons. The molecule has 1 N–H and O–H groups in total. The third-order valence-electron chi connectivity index (χ3n) is 5.24. The summed E-state index contributed by atoms with van der Waals surface area (Å²) in [4.78, 5) is 0. The second-order valence-corrected chi connectivity index (χ2v) is 9.46. The van der Waals surface area contributed by atoms with E-state index in [4.69, 9.17) is 0 Å². The Morgan fingerprint density at radius 3 is 1.44 bits per heavy atom. The van der Waals surface area contributed by atoms with Gasteiger partial charge in [-0.15, -0.1) is 0 Å². The third kappa shape index (κ3) is 20.6. The summed E-state index contributed by atoms with van der Waals surface area (Å²) in [5, 5.41) is 9.30. The number of hydrogen-bond donors (Lipinski definition) is 1. The van der Waals surface area contributed by atoms with E-state index in [0.29, 0.717) is 12.8 Å². The number of rotatable bonds is 19. The summed E-state index contributed by atoms with van der Waals surface area (Å²) in [6.45, 7) is 4.29. The minimum atomic E-state index is -4.16. The molecule has 0 bridgehead atoms. The molecule has 0 aliphatic heterocycles. The summed E-state index contributed by atoms with van der Waals surface area (Å²) in [6, 6.07) is 0. The van der Waals surface area contributed by atoms with Crippen molar-refractivity contribution in [1.82, 2.24) is 0 Å². The van der Waals surface area contributed by atoms with Crippen molar-refractivity contribution >= 4 is 10.1 Å². The molecule has 158 valence electrons. The fraction of sp³-hybridized carbons (Fsp3) is 1.00. The standard InChI is InChI=1S/C21H44O4S.K/c1-3-5-7-8-9-13-16-20(22)17-14-10-11-15-19-21(26(23,24)25)18-12-6-4-2;/h20-22H,3-19H2,1-2H3,(H,23,24,25);/q;+1/p-1. The smallest absolute Gasteiger partial charge is 0.748 e. The van der Waals surface area contributed by atoms with Crippen LogP contribution in [0.15, 0.2) is 0 Å². The van der Waals surface area contributed by atoms with E-state index in [9.17, 15) is 18.1 Å². The van der Waals surface area contributed by atoms with Crippen LogP contribution in [0.1, 0.15) is 123 Å². The molecular weight excluding hydrogens is 387 g/mol. The van der Waals surface area contributed by atoms with E-state index < -0.39 is 15.4 Å². The number of aliphatic hydroxyl groups is 1. The first-order valence-corrected chi connectivity index (χ1v) is 12.5. The van der Waals surface area contributed by atoms with Crippen LogP contribution in [0.25, 0.3) is 0 Å². The minimum absolute atomic E-state index is 0. The molecular formula is C21H43KO4S. The van der Waals surface area contributed by atoms with E-state index in [1.54, 1.807) is 0 Å². The third-order valence-corrected chi connectivity index (χ3v) is 6.53. The molecule has 0 aliphatic carbocycles. The summed E-state index contributed by atoms with van der Waals surface area (Å²) in [6.07, 6.45) is 16.7. The molecule has 4 nitrogen and oxygen atoms in total. The van der Waals surface area contributed by atoms with Crippen LogP contribution in [0.2, 0.25) is 0 Å². The van der Waals surface area contributed by atoms with Gasteiger partial charge in [-0.2, -0.15) is 0 Å². The second kappa shape index (κ2) is 20.8.